The fourth-order valence-electron chi connectivity index (χ4n) is 2.83. The number of carboxylic acid groups (broad SMARTS) is 2. The molecule has 138 valence electrons. The largest absolute Gasteiger partial charge is 0.481 e. The lowest BCUT2D eigenvalue weighted by atomic mass is 10.1. The van der Waals surface area contributed by atoms with Gasteiger partial charge in [-0.05, 0) is 12.3 Å². The molecule has 0 spiro atoms. The van der Waals surface area contributed by atoms with Crippen LogP contribution in [-0.2, 0) is 14.4 Å². The first-order valence-corrected chi connectivity index (χ1v) is 9.23. The third-order valence-electron chi connectivity index (χ3n) is 4.48. The van der Waals surface area contributed by atoms with Gasteiger partial charge >= 0.3 is 11.9 Å². The smallest absolute Gasteiger partial charge is 0.326 e. The normalized spacial score (nSPS) is 15.0. The summed E-state index contributed by atoms with van der Waals surface area (Å²) in [7, 11) is 0. The molecule has 1 aliphatic rings. The average Bonchev–Trinajstić information content (AvgIpc) is 3.32. The first-order chi connectivity index (χ1) is 11.5. The Morgan fingerprint density at radius 2 is 1.42 bits per heavy atom. The van der Waals surface area contributed by atoms with E-state index in [1.54, 1.807) is 0 Å². The van der Waals surface area contributed by atoms with E-state index in [0.29, 0.717) is 6.42 Å². The van der Waals surface area contributed by atoms with Crippen molar-refractivity contribution >= 4 is 17.8 Å². The summed E-state index contributed by atoms with van der Waals surface area (Å²) in [5.41, 5.74) is 0. The van der Waals surface area contributed by atoms with E-state index in [9.17, 15) is 14.4 Å². The van der Waals surface area contributed by atoms with Crippen molar-refractivity contribution < 1.29 is 24.6 Å². The van der Waals surface area contributed by atoms with Gasteiger partial charge in [0, 0.05) is 6.42 Å². The van der Waals surface area contributed by atoms with Crippen molar-refractivity contribution in [3.63, 3.8) is 0 Å². The van der Waals surface area contributed by atoms with Crippen LogP contribution in [0, 0.1) is 5.92 Å². The lowest BCUT2D eigenvalue weighted by molar-refractivity contribution is -0.147. The van der Waals surface area contributed by atoms with Gasteiger partial charge in [-0.2, -0.15) is 0 Å². The van der Waals surface area contributed by atoms with Crippen LogP contribution >= 0.6 is 0 Å². The van der Waals surface area contributed by atoms with E-state index in [0.717, 1.165) is 18.8 Å². The van der Waals surface area contributed by atoms with E-state index in [1.165, 1.54) is 51.4 Å². The summed E-state index contributed by atoms with van der Waals surface area (Å²) in [6.45, 7) is 0. The molecule has 0 aliphatic heterocycles. The molecule has 6 nitrogen and oxygen atoms in total. The number of aliphatic carboxylic acids is 2. The number of carboxylic acids is 2. The minimum Gasteiger partial charge on any atom is -0.481 e. The van der Waals surface area contributed by atoms with Crippen LogP contribution in [0.2, 0.25) is 0 Å². The topological polar surface area (TPSA) is 104 Å². The first-order valence-electron chi connectivity index (χ1n) is 9.23. The first kappa shape index (κ1) is 20.5. The van der Waals surface area contributed by atoms with Gasteiger partial charge in [0.25, 0.3) is 0 Å². The molecule has 0 aromatic rings. The van der Waals surface area contributed by atoms with Crippen molar-refractivity contribution in [2.45, 2.75) is 89.5 Å². The van der Waals surface area contributed by atoms with Gasteiger partial charge in [0.05, 0.1) is 6.42 Å². The molecule has 6 heteroatoms. The molecule has 0 saturated heterocycles. The molecule has 0 aromatic heterocycles. The van der Waals surface area contributed by atoms with Crippen molar-refractivity contribution in [2.75, 3.05) is 0 Å². The number of nitrogens with one attached hydrogen (secondary N) is 1. The molecule has 0 bridgehead atoms. The lowest BCUT2D eigenvalue weighted by Gasteiger charge is -2.12. The van der Waals surface area contributed by atoms with Crippen LogP contribution in [0.3, 0.4) is 0 Å². The Kier molecular flexibility index (Phi) is 10.1. The minimum atomic E-state index is -1.34. The molecule has 1 atom stereocenters. The van der Waals surface area contributed by atoms with Crippen molar-refractivity contribution in [1.29, 1.82) is 0 Å². The highest BCUT2D eigenvalue weighted by Crippen LogP contribution is 2.34. The maximum absolute atomic E-state index is 11.6. The molecule has 0 aromatic carbocycles. The Labute approximate surface area is 144 Å². The molecule has 3 N–H and O–H groups in total. The van der Waals surface area contributed by atoms with Gasteiger partial charge in [0.1, 0.15) is 6.04 Å². The number of unbranched alkanes of at least 4 members (excludes halogenated alkanes) is 7. The van der Waals surface area contributed by atoms with E-state index in [4.69, 9.17) is 10.2 Å². The zero-order valence-electron chi connectivity index (χ0n) is 14.5. The number of carbonyl (C=O) groups is 3. The fraction of sp³-hybridized carbons (Fsp3) is 0.833. The SMILES string of the molecule is O=C(O)C[C@H](NC(=O)CCCCCCCCCCC1CC1)C(=O)O. The zero-order valence-corrected chi connectivity index (χ0v) is 14.5. The van der Waals surface area contributed by atoms with E-state index in [2.05, 4.69) is 5.32 Å². The van der Waals surface area contributed by atoms with E-state index >= 15 is 0 Å². The summed E-state index contributed by atoms with van der Waals surface area (Å²) >= 11 is 0. The summed E-state index contributed by atoms with van der Waals surface area (Å²) < 4.78 is 0. The van der Waals surface area contributed by atoms with Gasteiger partial charge in [-0.3, -0.25) is 9.59 Å². The van der Waals surface area contributed by atoms with Gasteiger partial charge in [-0.1, -0.05) is 64.2 Å². The van der Waals surface area contributed by atoms with Gasteiger partial charge in [0.2, 0.25) is 5.91 Å². The second-order valence-corrected chi connectivity index (χ2v) is 6.87. The quantitative estimate of drug-likeness (QED) is 0.396. The third kappa shape index (κ3) is 11.0. The van der Waals surface area contributed by atoms with Gasteiger partial charge in [-0.15, -0.1) is 0 Å². The maximum atomic E-state index is 11.6. The molecule has 1 rings (SSSR count). The molecule has 1 amide bonds. The average molecular weight is 341 g/mol. The summed E-state index contributed by atoms with van der Waals surface area (Å²) in [6.07, 6.45) is 13.1. The maximum Gasteiger partial charge on any atom is 0.326 e. The van der Waals surface area contributed by atoms with Gasteiger partial charge in [0.15, 0.2) is 0 Å². The van der Waals surface area contributed by atoms with Crippen LogP contribution in [0.5, 0.6) is 0 Å². The van der Waals surface area contributed by atoms with Crippen LogP contribution < -0.4 is 5.32 Å². The molecular formula is C18H31NO5. The van der Waals surface area contributed by atoms with Crippen molar-refractivity contribution in [2.24, 2.45) is 5.92 Å². The molecule has 0 heterocycles. The van der Waals surface area contributed by atoms with Crippen LogP contribution in [0.25, 0.3) is 0 Å². The summed E-state index contributed by atoms with van der Waals surface area (Å²) in [4.78, 5) is 33.0. The Balaban J connectivity index is 1.92. The second kappa shape index (κ2) is 11.9. The van der Waals surface area contributed by atoms with Crippen LogP contribution in [-0.4, -0.2) is 34.1 Å². The summed E-state index contributed by atoms with van der Waals surface area (Å²) in [5.74, 6) is -1.90. The van der Waals surface area contributed by atoms with Crippen LogP contribution in [0.4, 0.5) is 0 Å². The van der Waals surface area contributed by atoms with Crippen LogP contribution in [0.1, 0.15) is 83.5 Å². The zero-order chi connectivity index (χ0) is 17.8. The van der Waals surface area contributed by atoms with E-state index < -0.39 is 24.4 Å². The highest BCUT2D eigenvalue weighted by atomic mass is 16.4. The minimum absolute atomic E-state index is 0.255. The number of hydrogen-bond donors (Lipinski definition) is 3. The fourth-order valence-corrected chi connectivity index (χ4v) is 2.83. The highest BCUT2D eigenvalue weighted by molar-refractivity contribution is 5.86. The Morgan fingerprint density at radius 1 is 0.875 bits per heavy atom. The Bertz CT molecular complexity index is 406. The van der Waals surface area contributed by atoms with Crippen molar-refractivity contribution in [3.05, 3.63) is 0 Å². The number of amides is 1. The number of rotatable bonds is 15. The van der Waals surface area contributed by atoms with Gasteiger partial charge < -0.3 is 15.5 Å². The molecule has 0 unspecified atom stereocenters. The second-order valence-electron chi connectivity index (χ2n) is 6.87. The lowest BCUT2D eigenvalue weighted by Crippen LogP contribution is -2.42. The molecule has 1 fully saturated rings. The van der Waals surface area contributed by atoms with Gasteiger partial charge in [-0.25, -0.2) is 4.79 Å². The van der Waals surface area contributed by atoms with Crippen LogP contribution in [0.15, 0.2) is 0 Å². The Morgan fingerprint density at radius 3 is 1.92 bits per heavy atom. The number of carbonyl (C=O) groups excluding carboxylic acids is 1. The van der Waals surface area contributed by atoms with Crippen molar-refractivity contribution in [3.8, 4) is 0 Å². The monoisotopic (exact) mass is 341 g/mol. The molecular weight excluding hydrogens is 310 g/mol. The van der Waals surface area contributed by atoms with E-state index in [1.807, 2.05) is 0 Å². The predicted octanol–water partition coefficient (Wildman–Crippen LogP) is 3.34. The van der Waals surface area contributed by atoms with Crippen molar-refractivity contribution in [1.82, 2.24) is 5.32 Å². The number of hydrogen-bond acceptors (Lipinski definition) is 3. The predicted molar refractivity (Wildman–Crippen MR) is 90.7 cm³/mol. The molecule has 1 saturated carbocycles. The third-order valence-corrected chi connectivity index (χ3v) is 4.48. The molecule has 24 heavy (non-hydrogen) atoms. The summed E-state index contributed by atoms with van der Waals surface area (Å²) in [5, 5.41) is 19.7. The highest BCUT2D eigenvalue weighted by Gasteiger charge is 2.22. The summed E-state index contributed by atoms with van der Waals surface area (Å²) in [6, 6.07) is -1.34. The molecule has 1 aliphatic carbocycles. The van der Waals surface area contributed by atoms with E-state index in [-0.39, 0.29) is 12.3 Å². The Hall–Kier alpha value is -1.59. The standard InChI is InChI=1S/C18H31NO5/c20-16(19-15(18(23)24)13-17(21)22)10-8-6-4-2-1-3-5-7-9-14-11-12-14/h14-15H,1-13H2,(H,19,20)(H,21,22)(H,23,24)/t15-/m0/s1. The molecule has 0 radical (unpaired) electrons.